The zero-order chi connectivity index (χ0) is 19.4. The number of carbonyl (C=O) groups is 1. The van der Waals surface area contributed by atoms with Gasteiger partial charge in [-0.25, -0.2) is 4.79 Å². The Morgan fingerprint density at radius 3 is 2.74 bits per heavy atom. The van der Waals surface area contributed by atoms with Crippen LogP contribution in [0.1, 0.15) is 23.4 Å². The van der Waals surface area contributed by atoms with Crippen molar-refractivity contribution in [1.82, 2.24) is 5.32 Å². The molecule has 0 saturated carbocycles. The molecule has 0 spiro atoms. The van der Waals surface area contributed by atoms with Gasteiger partial charge in [0.05, 0.1) is 18.2 Å². The van der Waals surface area contributed by atoms with Crippen LogP contribution in [0.3, 0.4) is 0 Å². The number of rotatable bonds is 6. The summed E-state index contributed by atoms with van der Waals surface area (Å²) in [5.41, 5.74) is 3.36. The summed E-state index contributed by atoms with van der Waals surface area (Å²) in [5.74, 6) is -0.365. The Balaban J connectivity index is 2.04. The normalized spacial score (nSPS) is 17.1. The number of carbonyl (C=O) groups excluding carboxylic acids is 1. The first-order valence-corrected chi connectivity index (χ1v) is 9.89. The lowest BCUT2D eigenvalue weighted by molar-refractivity contribution is -0.140. The van der Waals surface area contributed by atoms with Crippen LogP contribution >= 0.6 is 23.6 Å². The zero-order valence-corrected chi connectivity index (χ0v) is 17.2. The molecule has 0 fully saturated rings. The van der Waals surface area contributed by atoms with Gasteiger partial charge >= 0.3 is 5.97 Å². The molecule has 27 heavy (non-hydrogen) atoms. The average molecular weight is 403 g/mol. The first kappa shape index (κ1) is 19.5. The number of methoxy groups -OCH3 is 1. The maximum atomic E-state index is 12.9. The largest absolute Gasteiger partial charge is 0.460 e. The van der Waals surface area contributed by atoms with E-state index in [1.54, 1.807) is 18.4 Å². The summed E-state index contributed by atoms with van der Waals surface area (Å²) in [4.78, 5) is 15.8. The van der Waals surface area contributed by atoms with Crippen LogP contribution in [0.4, 0.5) is 5.69 Å². The molecule has 0 amide bonds. The molecule has 2 aromatic rings. The predicted octanol–water partition coefficient (Wildman–Crippen LogP) is 3.96. The molecule has 1 N–H and O–H groups in total. The van der Waals surface area contributed by atoms with Crippen molar-refractivity contribution >= 4 is 40.3 Å². The minimum Gasteiger partial charge on any atom is -0.460 e. The van der Waals surface area contributed by atoms with Gasteiger partial charge in [0.2, 0.25) is 0 Å². The van der Waals surface area contributed by atoms with Crippen molar-refractivity contribution in [3.8, 4) is 0 Å². The molecule has 5 nitrogen and oxygen atoms in total. The Labute approximate surface area is 168 Å². The molecular formula is C20H22N2O3S2. The van der Waals surface area contributed by atoms with Crippen LogP contribution in [0.2, 0.25) is 0 Å². The summed E-state index contributed by atoms with van der Waals surface area (Å²) < 4.78 is 10.4. The zero-order valence-electron chi connectivity index (χ0n) is 15.5. The Hall–Kier alpha value is -2.22. The van der Waals surface area contributed by atoms with Crippen molar-refractivity contribution in [2.75, 3.05) is 25.2 Å². The summed E-state index contributed by atoms with van der Waals surface area (Å²) in [7, 11) is 1.58. The fourth-order valence-electron chi connectivity index (χ4n) is 3.05. The third-order valence-corrected chi connectivity index (χ3v) is 5.55. The van der Waals surface area contributed by atoms with Gasteiger partial charge in [-0.15, -0.1) is 11.3 Å². The highest BCUT2D eigenvalue weighted by molar-refractivity contribution is 7.80. The third kappa shape index (κ3) is 4.21. The summed E-state index contributed by atoms with van der Waals surface area (Å²) >= 11 is 7.21. The van der Waals surface area contributed by atoms with E-state index >= 15 is 0 Å². The molecular weight excluding hydrogens is 380 g/mol. The molecule has 7 heteroatoms. The average Bonchev–Trinajstić information content (AvgIpc) is 3.16. The highest BCUT2D eigenvalue weighted by Crippen LogP contribution is 2.35. The number of benzene rings is 1. The maximum Gasteiger partial charge on any atom is 0.338 e. The van der Waals surface area contributed by atoms with E-state index in [4.69, 9.17) is 21.7 Å². The predicted molar refractivity (Wildman–Crippen MR) is 112 cm³/mol. The smallest absolute Gasteiger partial charge is 0.338 e. The summed E-state index contributed by atoms with van der Waals surface area (Å²) in [6, 6.07) is 11.6. The number of ether oxygens (including phenoxy) is 2. The summed E-state index contributed by atoms with van der Waals surface area (Å²) in [6.07, 6.45) is 0. The van der Waals surface area contributed by atoms with Crippen molar-refractivity contribution in [3.05, 3.63) is 63.5 Å². The van der Waals surface area contributed by atoms with Gasteiger partial charge in [-0.1, -0.05) is 18.2 Å². The molecule has 1 aromatic heterocycles. The second-order valence-corrected chi connectivity index (χ2v) is 7.57. The fraction of sp³-hybridized carbons (Fsp3) is 0.300. The lowest BCUT2D eigenvalue weighted by Crippen LogP contribution is -2.48. The fourth-order valence-corrected chi connectivity index (χ4v) is 4.19. The molecule has 0 radical (unpaired) electrons. The highest BCUT2D eigenvalue weighted by Gasteiger charge is 2.35. The van der Waals surface area contributed by atoms with Crippen molar-refractivity contribution in [1.29, 1.82) is 0 Å². The lowest BCUT2D eigenvalue weighted by atomic mass is 10.00. The van der Waals surface area contributed by atoms with Gasteiger partial charge < -0.3 is 14.8 Å². The summed E-state index contributed by atoms with van der Waals surface area (Å²) in [5, 5.41) is 5.86. The standard InChI is InChI=1S/C20H22N2O3S2/c1-13-6-4-7-15(12-13)22-14(2)17(19(23)25-10-9-24-3)18(21-20(22)26)16-8-5-11-27-16/h4-8,11-12,18H,9-10H2,1-3H3,(H,21,26)/t18-/m0/s1. The molecule has 3 rings (SSSR count). The first-order valence-electron chi connectivity index (χ1n) is 8.60. The Morgan fingerprint density at radius 1 is 1.26 bits per heavy atom. The number of esters is 1. The third-order valence-electron chi connectivity index (χ3n) is 4.31. The lowest BCUT2D eigenvalue weighted by Gasteiger charge is -2.37. The SMILES string of the molecule is COCCOC(=O)C1=C(C)N(c2cccc(C)c2)C(=S)N[C@H]1c1cccs1. The molecule has 1 aliphatic heterocycles. The molecule has 142 valence electrons. The van der Waals surface area contributed by atoms with Gasteiger partial charge in [0.1, 0.15) is 6.61 Å². The van der Waals surface area contributed by atoms with Crippen LogP contribution < -0.4 is 10.2 Å². The van der Waals surface area contributed by atoms with Gasteiger partial charge in [-0.2, -0.15) is 0 Å². The summed E-state index contributed by atoms with van der Waals surface area (Å²) in [6.45, 7) is 4.49. The molecule has 0 unspecified atom stereocenters. The maximum absolute atomic E-state index is 12.9. The van der Waals surface area contributed by atoms with Gasteiger partial charge in [-0.05, 0) is 55.2 Å². The van der Waals surface area contributed by atoms with E-state index < -0.39 is 0 Å². The molecule has 1 aromatic carbocycles. The number of hydrogen-bond donors (Lipinski definition) is 1. The van der Waals surface area contributed by atoms with E-state index in [0.717, 1.165) is 21.8 Å². The molecule has 2 heterocycles. The van der Waals surface area contributed by atoms with E-state index in [1.807, 2.05) is 60.5 Å². The van der Waals surface area contributed by atoms with Crippen molar-refractivity contribution in [3.63, 3.8) is 0 Å². The van der Waals surface area contributed by atoms with Crippen molar-refractivity contribution < 1.29 is 14.3 Å². The van der Waals surface area contributed by atoms with Gasteiger partial charge in [0.25, 0.3) is 0 Å². The van der Waals surface area contributed by atoms with Crippen LogP contribution in [0.15, 0.2) is 53.0 Å². The number of allylic oxidation sites excluding steroid dienone is 1. The van der Waals surface area contributed by atoms with Gasteiger partial charge in [-0.3, -0.25) is 4.90 Å². The van der Waals surface area contributed by atoms with Gasteiger partial charge in [0, 0.05) is 23.4 Å². The molecule has 0 aliphatic carbocycles. The molecule has 1 atom stereocenters. The molecule has 1 aliphatic rings. The van der Waals surface area contributed by atoms with E-state index in [-0.39, 0.29) is 18.6 Å². The number of nitrogens with one attached hydrogen (secondary N) is 1. The Kier molecular flexibility index (Phi) is 6.26. The minimum atomic E-state index is -0.365. The quantitative estimate of drug-likeness (QED) is 0.448. The molecule has 0 bridgehead atoms. The van der Waals surface area contributed by atoms with Crippen LogP contribution in [-0.2, 0) is 14.3 Å². The number of anilines is 1. The number of nitrogens with zero attached hydrogens (tertiary/aromatic N) is 1. The highest BCUT2D eigenvalue weighted by atomic mass is 32.1. The van der Waals surface area contributed by atoms with Crippen LogP contribution in [0, 0.1) is 6.92 Å². The Bertz CT molecular complexity index is 862. The van der Waals surface area contributed by atoms with E-state index in [2.05, 4.69) is 5.32 Å². The molecule has 0 saturated heterocycles. The van der Waals surface area contributed by atoms with Crippen molar-refractivity contribution in [2.45, 2.75) is 19.9 Å². The van der Waals surface area contributed by atoms with Crippen molar-refractivity contribution in [2.24, 2.45) is 0 Å². The number of aryl methyl sites for hydroxylation is 1. The topological polar surface area (TPSA) is 50.8 Å². The van der Waals surface area contributed by atoms with Gasteiger partial charge in [0.15, 0.2) is 5.11 Å². The van der Waals surface area contributed by atoms with Crippen LogP contribution in [0.5, 0.6) is 0 Å². The van der Waals surface area contributed by atoms with E-state index in [1.165, 1.54) is 0 Å². The van der Waals surface area contributed by atoms with E-state index in [0.29, 0.717) is 17.3 Å². The number of hydrogen-bond acceptors (Lipinski definition) is 5. The minimum absolute atomic E-state index is 0.207. The van der Waals surface area contributed by atoms with Crippen LogP contribution in [-0.4, -0.2) is 31.4 Å². The second-order valence-electron chi connectivity index (χ2n) is 6.20. The second kappa shape index (κ2) is 8.65. The van der Waals surface area contributed by atoms with E-state index in [9.17, 15) is 4.79 Å². The van der Waals surface area contributed by atoms with Crippen LogP contribution in [0.25, 0.3) is 0 Å². The Morgan fingerprint density at radius 2 is 2.07 bits per heavy atom. The number of thiophene rings is 1. The first-order chi connectivity index (χ1) is 13.0. The number of thiocarbonyl (C=S) groups is 1. The monoisotopic (exact) mass is 402 g/mol.